The molecule has 0 amide bonds. The highest BCUT2D eigenvalue weighted by Crippen LogP contribution is 2.28. The van der Waals surface area contributed by atoms with Crippen molar-refractivity contribution in [3.63, 3.8) is 0 Å². The number of hydrogen-bond donors (Lipinski definition) is 1. The third-order valence-corrected chi connectivity index (χ3v) is 2.09. The van der Waals surface area contributed by atoms with Crippen molar-refractivity contribution < 1.29 is 14.3 Å². The number of nitrogens with two attached hydrogens (primary N) is 1. The lowest BCUT2D eigenvalue weighted by Gasteiger charge is -2.10. The van der Waals surface area contributed by atoms with Gasteiger partial charge in [0.05, 0.1) is 38.0 Å². The van der Waals surface area contributed by atoms with Gasteiger partial charge < -0.3 is 15.2 Å². The first kappa shape index (κ1) is 11.9. The Balaban J connectivity index is 3.19. The monoisotopic (exact) mass is 220 g/mol. The summed E-state index contributed by atoms with van der Waals surface area (Å²) in [5.74, 6) is -0.00260. The fraction of sp³-hybridized carbons (Fsp3) is 0.273. The number of nitrogen functional groups attached to an aromatic ring is 1. The number of esters is 1. The minimum Gasteiger partial charge on any atom is -0.494 e. The number of ether oxygens (including phenoxy) is 2. The Morgan fingerprint density at radius 1 is 1.50 bits per heavy atom. The zero-order chi connectivity index (χ0) is 12.1. The van der Waals surface area contributed by atoms with E-state index in [1.807, 2.05) is 6.07 Å². The number of anilines is 1. The highest BCUT2D eigenvalue weighted by molar-refractivity contribution is 5.75. The maximum atomic E-state index is 11.2. The van der Waals surface area contributed by atoms with Gasteiger partial charge in [0.15, 0.2) is 0 Å². The van der Waals surface area contributed by atoms with E-state index in [4.69, 9.17) is 15.7 Å². The van der Waals surface area contributed by atoms with Crippen LogP contribution in [0.2, 0.25) is 0 Å². The summed E-state index contributed by atoms with van der Waals surface area (Å²) in [4.78, 5) is 11.2. The molecule has 0 saturated carbocycles. The molecule has 5 nitrogen and oxygen atoms in total. The number of nitrogens with zero attached hydrogens (tertiary/aromatic N) is 1. The fourth-order valence-corrected chi connectivity index (χ4v) is 1.39. The molecule has 0 heterocycles. The molecule has 0 saturated heterocycles. The largest absolute Gasteiger partial charge is 0.494 e. The lowest BCUT2D eigenvalue weighted by atomic mass is 10.1. The Hall–Kier alpha value is -2.22. The number of benzene rings is 1. The molecule has 0 spiro atoms. The van der Waals surface area contributed by atoms with Crippen molar-refractivity contribution in [1.82, 2.24) is 0 Å². The molecule has 0 aromatic heterocycles. The predicted octanol–water partition coefficient (Wildman–Crippen LogP) is 0.865. The molecule has 84 valence electrons. The summed E-state index contributed by atoms with van der Waals surface area (Å²) in [6, 6.07) is 5.02. The maximum Gasteiger partial charge on any atom is 0.310 e. The summed E-state index contributed by atoms with van der Waals surface area (Å²) >= 11 is 0. The quantitative estimate of drug-likeness (QED) is 0.603. The van der Waals surface area contributed by atoms with Gasteiger partial charge in [-0.05, 0) is 12.1 Å². The third-order valence-electron chi connectivity index (χ3n) is 2.09. The van der Waals surface area contributed by atoms with Crippen LogP contribution in [0.4, 0.5) is 5.69 Å². The van der Waals surface area contributed by atoms with Crippen molar-refractivity contribution in [2.75, 3.05) is 20.0 Å². The van der Waals surface area contributed by atoms with Gasteiger partial charge >= 0.3 is 5.97 Å². The third kappa shape index (κ3) is 2.42. The summed E-state index contributed by atoms with van der Waals surface area (Å²) < 4.78 is 9.63. The van der Waals surface area contributed by atoms with Gasteiger partial charge in [-0.15, -0.1) is 0 Å². The molecule has 16 heavy (non-hydrogen) atoms. The van der Waals surface area contributed by atoms with Crippen LogP contribution < -0.4 is 10.5 Å². The van der Waals surface area contributed by atoms with Crippen LogP contribution in [0.25, 0.3) is 0 Å². The normalized spacial score (nSPS) is 9.31. The van der Waals surface area contributed by atoms with E-state index in [1.54, 1.807) is 6.07 Å². The minimum atomic E-state index is -0.409. The molecule has 0 unspecified atom stereocenters. The first-order valence-corrected chi connectivity index (χ1v) is 4.55. The lowest BCUT2D eigenvalue weighted by Crippen LogP contribution is -2.07. The Morgan fingerprint density at radius 3 is 2.69 bits per heavy atom. The topological polar surface area (TPSA) is 85.3 Å². The maximum absolute atomic E-state index is 11.2. The molecule has 0 radical (unpaired) electrons. The van der Waals surface area contributed by atoms with Gasteiger partial charge in [0.25, 0.3) is 0 Å². The van der Waals surface area contributed by atoms with Crippen molar-refractivity contribution in [1.29, 1.82) is 5.26 Å². The van der Waals surface area contributed by atoms with Gasteiger partial charge in [0.2, 0.25) is 0 Å². The number of nitriles is 1. The van der Waals surface area contributed by atoms with E-state index in [0.717, 1.165) is 0 Å². The zero-order valence-corrected chi connectivity index (χ0v) is 9.11. The van der Waals surface area contributed by atoms with Crippen LogP contribution in [-0.2, 0) is 16.0 Å². The summed E-state index contributed by atoms with van der Waals surface area (Å²) in [6.07, 6.45) is 0.0272. The molecular formula is C11H12N2O3. The number of carbonyl (C=O) groups excluding carboxylic acids is 1. The zero-order valence-electron chi connectivity index (χ0n) is 9.11. The first-order chi connectivity index (χ1) is 7.62. The molecule has 0 aliphatic heterocycles. The number of hydrogen-bond acceptors (Lipinski definition) is 5. The van der Waals surface area contributed by atoms with Crippen molar-refractivity contribution in [3.05, 3.63) is 23.3 Å². The van der Waals surface area contributed by atoms with Crippen LogP contribution in [0.1, 0.15) is 11.1 Å². The highest BCUT2D eigenvalue weighted by Gasteiger charge is 2.13. The minimum absolute atomic E-state index is 0.0272. The van der Waals surface area contributed by atoms with E-state index >= 15 is 0 Å². The van der Waals surface area contributed by atoms with E-state index in [0.29, 0.717) is 22.6 Å². The second-order valence-electron chi connectivity index (χ2n) is 3.12. The second kappa shape index (κ2) is 5.03. The van der Waals surface area contributed by atoms with Gasteiger partial charge in [-0.2, -0.15) is 5.26 Å². The molecule has 0 aliphatic rings. The summed E-state index contributed by atoms with van der Waals surface area (Å²) in [5, 5.41) is 8.78. The van der Waals surface area contributed by atoms with E-state index in [2.05, 4.69) is 4.74 Å². The van der Waals surface area contributed by atoms with Crippen LogP contribution in [0.3, 0.4) is 0 Å². The van der Waals surface area contributed by atoms with Gasteiger partial charge in [-0.1, -0.05) is 0 Å². The Kier molecular flexibility index (Phi) is 3.72. The van der Waals surface area contributed by atoms with Crippen molar-refractivity contribution in [2.45, 2.75) is 6.42 Å². The smallest absolute Gasteiger partial charge is 0.310 e. The highest BCUT2D eigenvalue weighted by atomic mass is 16.5. The molecule has 2 N–H and O–H groups in total. The number of rotatable bonds is 3. The Bertz CT molecular complexity index is 449. The molecule has 0 aliphatic carbocycles. The van der Waals surface area contributed by atoms with Crippen molar-refractivity contribution in [3.8, 4) is 11.8 Å². The van der Waals surface area contributed by atoms with Gasteiger partial charge in [-0.3, -0.25) is 4.79 Å². The van der Waals surface area contributed by atoms with Crippen molar-refractivity contribution >= 4 is 11.7 Å². The average Bonchev–Trinajstić information content (AvgIpc) is 2.28. The summed E-state index contributed by atoms with van der Waals surface area (Å²) in [6.45, 7) is 0. The summed E-state index contributed by atoms with van der Waals surface area (Å²) in [5.41, 5.74) is 6.96. The van der Waals surface area contributed by atoms with E-state index in [1.165, 1.54) is 20.3 Å². The standard InChI is InChI=1S/C11H12N2O3/c1-15-10(14)5-8-3-7(6-12)4-9(13)11(8)16-2/h3-4H,5,13H2,1-2H3. The fourth-order valence-electron chi connectivity index (χ4n) is 1.39. The van der Waals surface area contributed by atoms with Crippen LogP contribution in [0.15, 0.2) is 12.1 Å². The predicted molar refractivity (Wildman–Crippen MR) is 57.8 cm³/mol. The molecule has 0 fully saturated rings. The van der Waals surface area contributed by atoms with Crippen LogP contribution in [0, 0.1) is 11.3 Å². The second-order valence-corrected chi connectivity index (χ2v) is 3.12. The summed E-state index contributed by atoms with van der Waals surface area (Å²) in [7, 11) is 2.75. The van der Waals surface area contributed by atoms with Crippen LogP contribution in [-0.4, -0.2) is 20.2 Å². The number of carbonyl (C=O) groups is 1. The van der Waals surface area contributed by atoms with Gasteiger partial charge in [0, 0.05) is 5.56 Å². The van der Waals surface area contributed by atoms with E-state index in [-0.39, 0.29) is 6.42 Å². The molecule has 0 atom stereocenters. The van der Waals surface area contributed by atoms with Crippen LogP contribution >= 0.6 is 0 Å². The first-order valence-electron chi connectivity index (χ1n) is 4.55. The Morgan fingerprint density at radius 2 is 2.19 bits per heavy atom. The van der Waals surface area contributed by atoms with Gasteiger partial charge in [0.1, 0.15) is 5.75 Å². The Labute approximate surface area is 93.4 Å². The molecular weight excluding hydrogens is 208 g/mol. The van der Waals surface area contributed by atoms with Crippen molar-refractivity contribution in [2.24, 2.45) is 0 Å². The van der Waals surface area contributed by atoms with E-state index < -0.39 is 5.97 Å². The molecule has 1 aromatic rings. The molecule has 1 rings (SSSR count). The molecule has 0 bridgehead atoms. The lowest BCUT2D eigenvalue weighted by molar-refractivity contribution is -0.139. The number of methoxy groups -OCH3 is 2. The van der Waals surface area contributed by atoms with Gasteiger partial charge in [-0.25, -0.2) is 0 Å². The average molecular weight is 220 g/mol. The molecule has 5 heteroatoms. The van der Waals surface area contributed by atoms with E-state index in [9.17, 15) is 4.79 Å². The SMILES string of the molecule is COC(=O)Cc1cc(C#N)cc(N)c1OC. The molecule has 1 aromatic carbocycles. The van der Waals surface area contributed by atoms with Crippen LogP contribution in [0.5, 0.6) is 5.75 Å².